The van der Waals surface area contributed by atoms with Gasteiger partial charge in [0.2, 0.25) is 0 Å². The van der Waals surface area contributed by atoms with Gasteiger partial charge in [-0.2, -0.15) is 0 Å². The number of nitrogens with zero attached hydrogens (tertiary/aromatic N) is 3. The van der Waals surface area contributed by atoms with Gasteiger partial charge in [0, 0.05) is 32.7 Å². The molecule has 0 saturated carbocycles. The van der Waals surface area contributed by atoms with Gasteiger partial charge in [-0.25, -0.2) is 0 Å². The number of rotatable bonds is 5. The molecule has 3 atom stereocenters. The predicted molar refractivity (Wildman–Crippen MR) is 97.1 cm³/mol. The van der Waals surface area contributed by atoms with Crippen LogP contribution in [0, 0.1) is 17.8 Å². The molecule has 138 valence electrons. The Morgan fingerprint density at radius 1 is 1.29 bits per heavy atom. The number of methoxy groups -OCH3 is 1. The number of likely N-dealkylation sites (tertiary alicyclic amines) is 2. The van der Waals surface area contributed by atoms with Gasteiger partial charge in [-0.15, -0.1) is 0 Å². The number of hydrogen-bond acceptors (Lipinski definition) is 4. The number of nitrogens with one attached hydrogen (secondary N) is 1. The summed E-state index contributed by atoms with van der Waals surface area (Å²) < 4.78 is 4.94. The van der Waals surface area contributed by atoms with E-state index in [1.165, 1.54) is 26.5 Å². The molecule has 0 aromatic heterocycles. The molecule has 2 fully saturated rings. The maximum absolute atomic E-state index is 11.9. The van der Waals surface area contributed by atoms with Crippen molar-refractivity contribution >= 4 is 11.9 Å². The number of carbonyl (C=O) groups is 1. The monoisotopic (exact) mass is 338 g/mol. The molecule has 24 heavy (non-hydrogen) atoms. The summed E-state index contributed by atoms with van der Waals surface area (Å²) in [6.45, 7) is 13.2. The molecule has 2 aliphatic heterocycles. The van der Waals surface area contributed by atoms with Crippen LogP contribution in [0.15, 0.2) is 4.99 Å². The average molecular weight is 338 g/mol. The molecular formula is C18H34N4O2. The molecule has 6 heteroatoms. The van der Waals surface area contributed by atoms with E-state index in [1.807, 2.05) is 0 Å². The smallest absolute Gasteiger partial charge is 0.310 e. The highest BCUT2D eigenvalue weighted by Crippen LogP contribution is 2.24. The predicted octanol–water partition coefficient (Wildman–Crippen LogP) is 1.42. The molecule has 0 bridgehead atoms. The Labute approximate surface area is 146 Å². The third-order valence-electron chi connectivity index (χ3n) is 5.30. The van der Waals surface area contributed by atoms with E-state index < -0.39 is 0 Å². The minimum absolute atomic E-state index is 0.0517. The molecule has 2 aliphatic rings. The Hall–Kier alpha value is -1.30. The lowest BCUT2D eigenvalue weighted by atomic mass is 9.98. The zero-order valence-corrected chi connectivity index (χ0v) is 15.8. The molecule has 0 amide bonds. The van der Waals surface area contributed by atoms with Crippen LogP contribution < -0.4 is 5.32 Å². The summed E-state index contributed by atoms with van der Waals surface area (Å²) in [5.41, 5.74) is 0. The fourth-order valence-electron chi connectivity index (χ4n) is 3.83. The number of hydrogen-bond donors (Lipinski definition) is 1. The summed E-state index contributed by atoms with van der Waals surface area (Å²) in [5.74, 6) is 1.73. The lowest BCUT2D eigenvalue weighted by Gasteiger charge is -2.31. The standard InChI is InChI=1S/C18H34N4O2/c1-5-19-18(20-10-15-8-7-9-21(6-2)12-15)22-11-14(3)16(13-22)17(23)24-4/h14-16H,5-13H2,1-4H3,(H,19,20). The van der Waals surface area contributed by atoms with Crippen LogP contribution >= 0.6 is 0 Å². The fourth-order valence-corrected chi connectivity index (χ4v) is 3.83. The first-order valence-electron chi connectivity index (χ1n) is 9.42. The van der Waals surface area contributed by atoms with E-state index in [2.05, 4.69) is 35.9 Å². The maximum Gasteiger partial charge on any atom is 0.310 e. The Morgan fingerprint density at radius 3 is 2.75 bits per heavy atom. The number of aliphatic imine (C=N–C) groups is 1. The first-order chi connectivity index (χ1) is 11.6. The first-order valence-corrected chi connectivity index (χ1v) is 9.42. The van der Waals surface area contributed by atoms with Crippen molar-refractivity contribution in [3.05, 3.63) is 0 Å². The minimum Gasteiger partial charge on any atom is -0.469 e. The second kappa shape index (κ2) is 9.25. The van der Waals surface area contributed by atoms with Crippen LogP contribution in [-0.2, 0) is 9.53 Å². The molecule has 2 rings (SSSR count). The first kappa shape index (κ1) is 19.0. The molecular weight excluding hydrogens is 304 g/mol. The van der Waals surface area contributed by atoms with Gasteiger partial charge in [-0.1, -0.05) is 13.8 Å². The van der Waals surface area contributed by atoms with Crippen LogP contribution in [0.4, 0.5) is 0 Å². The van der Waals surface area contributed by atoms with E-state index in [1.54, 1.807) is 0 Å². The van der Waals surface area contributed by atoms with Crippen LogP contribution in [0.5, 0.6) is 0 Å². The van der Waals surface area contributed by atoms with E-state index >= 15 is 0 Å². The number of piperidine rings is 1. The van der Waals surface area contributed by atoms with E-state index in [-0.39, 0.29) is 11.9 Å². The average Bonchev–Trinajstić information content (AvgIpc) is 2.99. The van der Waals surface area contributed by atoms with Crippen molar-refractivity contribution in [2.45, 2.75) is 33.6 Å². The molecule has 2 saturated heterocycles. The van der Waals surface area contributed by atoms with Crippen molar-refractivity contribution in [1.29, 1.82) is 0 Å². The fraction of sp³-hybridized carbons (Fsp3) is 0.889. The highest BCUT2D eigenvalue weighted by atomic mass is 16.5. The summed E-state index contributed by atoms with van der Waals surface area (Å²) in [5, 5.41) is 3.40. The number of carbonyl (C=O) groups excluding carboxylic acids is 1. The van der Waals surface area contributed by atoms with Crippen LogP contribution in [0.1, 0.15) is 33.6 Å². The van der Waals surface area contributed by atoms with Gasteiger partial charge in [0.15, 0.2) is 5.96 Å². The highest BCUT2D eigenvalue weighted by molar-refractivity contribution is 5.82. The number of esters is 1. The van der Waals surface area contributed by atoms with Gasteiger partial charge in [0.25, 0.3) is 0 Å². The van der Waals surface area contributed by atoms with Crippen LogP contribution in [0.3, 0.4) is 0 Å². The lowest BCUT2D eigenvalue weighted by Crippen LogP contribution is -2.42. The third-order valence-corrected chi connectivity index (χ3v) is 5.30. The van der Waals surface area contributed by atoms with Crippen LogP contribution in [0.2, 0.25) is 0 Å². The molecule has 3 unspecified atom stereocenters. The van der Waals surface area contributed by atoms with Crippen molar-refractivity contribution in [3.8, 4) is 0 Å². The second-order valence-corrected chi connectivity index (χ2v) is 7.11. The number of guanidine groups is 1. The van der Waals surface area contributed by atoms with Gasteiger partial charge in [-0.3, -0.25) is 9.79 Å². The van der Waals surface area contributed by atoms with Crippen molar-refractivity contribution in [2.24, 2.45) is 22.7 Å². The Balaban J connectivity index is 1.97. The molecule has 0 aromatic rings. The summed E-state index contributed by atoms with van der Waals surface area (Å²) in [7, 11) is 1.47. The van der Waals surface area contributed by atoms with Crippen molar-refractivity contribution in [3.63, 3.8) is 0 Å². The molecule has 6 nitrogen and oxygen atoms in total. The van der Waals surface area contributed by atoms with E-state index in [9.17, 15) is 4.79 Å². The molecule has 2 heterocycles. The van der Waals surface area contributed by atoms with Crippen molar-refractivity contribution < 1.29 is 9.53 Å². The minimum atomic E-state index is -0.105. The zero-order chi connectivity index (χ0) is 17.5. The third kappa shape index (κ3) is 4.85. The van der Waals surface area contributed by atoms with Gasteiger partial charge in [0.05, 0.1) is 13.0 Å². The number of ether oxygens (including phenoxy) is 1. The Bertz CT molecular complexity index is 441. The van der Waals surface area contributed by atoms with Crippen LogP contribution in [0.25, 0.3) is 0 Å². The van der Waals surface area contributed by atoms with Gasteiger partial charge >= 0.3 is 5.97 Å². The van der Waals surface area contributed by atoms with Gasteiger partial charge in [-0.05, 0) is 44.7 Å². The normalized spacial score (nSPS) is 28.9. The molecule has 0 spiro atoms. The Morgan fingerprint density at radius 2 is 2.08 bits per heavy atom. The largest absolute Gasteiger partial charge is 0.469 e. The SMILES string of the molecule is CCNC(=NCC1CCCN(CC)C1)N1CC(C)C(C(=O)OC)C1. The molecule has 0 aliphatic carbocycles. The van der Waals surface area contributed by atoms with Crippen molar-refractivity contribution in [1.82, 2.24) is 15.1 Å². The zero-order valence-electron chi connectivity index (χ0n) is 15.8. The molecule has 0 aromatic carbocycles. The maximum atomic E-state index is 11.9. The highest BCUT2D eigenvalue weighted by Gasteiger charge is 2.37. The molecule has 1 N–H and O–H groups in total. The topological polar surface area (TPSA) is 57.2 Å². The summed E-state index contributed by atoms with van der Waals surface area (Å²) in [4.78, 5) is 21.5. The quantitative estimate of drug-likeness (QED) is 0.467. The van der Waals surface area contributed by atoms with Crippen molar-refractivity contribution in [2.75, 3.05) is 52.9 Å². The second-order valence-electron chi connectivity index (χ2n) is 7.11. The van der Waals surface area contributed by atoms with Gasteiger partial charge in [0.1, 0.15) is 0 Å². The van der Waals surface area contributed by atoms with E-state index in [0.717, 1.165) is 38.7 Å². The Kier molecular flexibility index (Phi) is 7.34. The van der Waals surface area contributed by atoms with Crippen LogP contribution in [-0.4, -0.2) is 74.7 Å². The lowest BCUT2D eigenvalue weighted by molar-refractivity contribution is -0.145. The summed E-state index contributed by atoms with van der Waals surface area (Å²) in [6, 6.07) is 0. The van der Waals surface area contributed by atoms with E-state index in [0.29, 0.717) is 18.4 Å². The summed E-state index contributed by atoms with van der Waals surface area (Å²) in [6.07, 6.45) is 2.54. The van der Waals surface area contributed by atoms with Gasteiger partial charge < -0.3 is 19.9 Å². The molecule has 0 radical (unpaired) electrons. The van der Waals surface area contributed by atoms with E-state index in [4.69, 9.17) is 9.73 Å². The summed E-state index contributed by atoms with van der Waals surface area (Å²) >= 11 is 0.